The van der Waals surface area contributed by atoms with Crippen molar-refractivity contribution in [3.8, 4) is 0 Å². The zero-order valence-electron chi connectivity index (χ0n) is 12.5. The van der Waals surface area contributed by atoms with Gasteiger partial charge in [0.05, 0.1) is 5.69 Å². The van der Waals surface area contributed by atoms with Gasteiger partial charge in [-0.25, -0.2) is 4.98 Å². The van der Waals surface area contributed by atoms with E-state index in [0.29, 0.717) is 0 Å². The molecule has 2 heterocycles. The molecule has 5 heteroatoms. The highest BCUT2D eigenvalue weighted by Gasteiger charge is 2.16. The zero-order valence-corrected chi connectivity index (χ0v) is 12.5. The van der Waals surface area contributed by atoms with E-state index in [1.165, 1.54) is 5.56 Å². The van der Waals surface area contributed by atoms with Crippen LogP contribution in [0.5, 0.6) is 0 Å². The van der Waals surface area contributed by atoms with Crippen LogP contribution in [0.1, 0.15) is 41.6 Å². The summed E-state index contributed by atoms with van der Waals surface area (Å²) in [5.74, 6) is 1.65. The highest BCUT2D eigenvalue weighted by molar-refractivity contribution is 5.19. The van der Waals surface area contributed by atoms with Gasteiger partial charge in [-0.1, -0.05) is 30.3 Å². The van der Waals surface area contributed by atoms with Crippen LogP contribution < -0.4 is 0 Å². The maximum Gasteiger partial charge on any atom is 0.174 e. The highest BCUT2D eigenvalue weighted by atomic mass is 15.3. The third kappa shape index (κ3) is 2.86. The van der Waals surface area contributed by atoms with E-state index in [2.05, 4.69) is 45.4 Å². The van der Waals surface area contributed by atoms with Gasteiger partial charge in [0, 0.05) is 12.1 Å². The molecule has 0 amide bonds. The molecule has 0 spiro atoms. The molecule has 3 rings (SSSR count). The van der Waals surface area contributed by atoms with Crippen molar-refractivity contribution in [1.82, 2.24) is 25.0 Å². The number of nitrogens with one attached hydrogen (secondary N) is 1. The standard InChI is InChI=1S/C16H19N5/c1-11-9-12(2)21(20-11)13(3)16-17-15(18-19-16)10-14-7-5-4-6-8-14/h4-9,13H,10H2,1-3H3,(H,17,18,19)/t13-/m1/s1. The first-order chi connectivity index (χ1) is 10.1. The molecule has 0 saturated heterocycles. The fourth-order valence-corrected chi connectivity index (χ4v) is 2.51. The number of aromatic amines is 1. The summed E-state index contributed by atoms with van der Waals surface area (Å²) in [6, 6.07) is 12.4. The lowest BCUT2D eigenvalue weighted by molar-refractivity contribution is 0.522. The molecule has 1 aromatic carbocycles. The van der Waals surface area contributed by atoms with Gasteiger partial charge in [0.25, 0.3) is 0 Å². The number of rotatable bonds is 4. The van der Waals surface area contributed by atoms with Crippen LogP contribution in [-0.2, 0) is 6.42 Å². The molecule has 3 aromatic rings. The lowest BCUT2D eigenvalue weighted by Crippen LogP contribution is -2.12. The molecule has 0 aliphatic rings. The fourth-order valence-electron chi connectivity index (χ4n) is 2.51. The van der Waals surface area contributed by atoms with Crippen molar-refractivity contribution in [2.45, 2.75) is 33.2 Å². The number of nitrogens with zero attached hydrogens (tertiary/aromatic N) is 4. The Bertz CT molecular complexity index is 726. The molecule has 2 aromatic heterocycles. The number of hydrogen-bond donors (Lipinski definition) is 1. The smallest absolute Gasteiger partial charge is 0.174 e. The summed E-state index contributed by atoms with van der Waals surface area (Å²) in [7, 11) is 0. The molecule has 1 N–H and O–H groups in total. The molecular weight excluding hydrogens is 262 g/mol. The normalized spacial score (nSPS) is 12.5. The number of aryl methyl sites for hydroxylation is 2. The van der Waals surface area contributed by atoms with E-state index in [-0.39, 0.29) is 6.04 Å². The molecule has 0 aliphatic carbocycles. The fraction of sp³-hybridized carbons (Fsp3) is 0.312. The Kier molecular flexibility index (Phi) is 3.56. The second-order valence-corrected chi connectivity index (χ2v) is 5.35. The minimum atomic E-state index is 0.0273. The van der Waals surface area contributed by atoms with Crippen LogP contribution >= 0.6 is 0 Å². The Hall–Kier alpha value is -2.43. The predicted octanol–water partition coefficient (Wildman–Crippen LogP) is 2.82. The van der Waals surface area contributed by atoms with Crippen molar-refractivity contribution in [2.24, 2.45) is 0 Å². The van der Waals surface area contributed by atoms with Gasteiger partial charge in [0.15, 0.2) is 5.82 Å². The van der Waals surface area contributed by atoms with Crippen LogP contribution in [0.15, 0.2) is 36.4 Å². The highest BCUT2D eigenvalue weighted by Crippen LogP contribution is 2.17. The van der Waals surface area contributed by atoms with Crippen molar-refractivity contribution in [3.63, 3.8) is 0 Å². The number of hydrogen-bond acceptors (Lipinski definition) is 3. The van der Waals surface area contributed by atoms with E-state index >= 15 is 0 Å². The van der Waals surface area contributed by atoms with Crippen molar-refractivity contribution in [3.05, 3.63) is 65.0 Å². The molecule has 0 saturated carbocycles. The average Bonchev–Trinajstić information content (AvgIpc) is 3.06. The Balaban J connectivity index is 1.80. The van der Waals surface area contributed by atoms with E-state index in [1.54, 1.807) is 0 Å². The van der Waals surface area contributed by atoms with E-state index < -0.39 is 0 Å². The van der Waals surface area contributed by atoms with Crippen LogP contribution in [-0.4, -0.2) is 25.0 Å². The molecule has 5 nitrogen and oxygen atoms in total. The summed E-state index contributed by atoms with van der Waals surface area (Å²) in [4.78, 5) is 4.60. The quantitative estimate of drug-likeness (QED) is 0.800. The lowest BCUT2D eigenvalue weighted by Gasteiger charge is -2.10. The zero-order chi connectivity index (χ0) is 14.8. The molecule has 0 aliphatic heterocycles. The molecule has 0 unspecified atom stereocenters. The van der Waals surface area contributed by atoms with Crippen LogP contribution in [0.2, 0.25) is 0 Å². The van der Waals surface area contributed by atoms with Gasteiger partial charge in [-0.15, -0.1) is 0 Å². The van der Waals surface area contributed by atoms with Gasteiger partial charge in [0.2, 0.25) is 0 Å². The summed E-state index contributed by atoms with van der Waals surface area (Å²) in [5.41, 5.74) is 3.35. The van der Waals surface area contributed by atoms with Crippen molar-refractivity contribution in [1.29, 1.82) is 0 Å². The van der Waals surface area contributed by atoms with E-state index in [4.69, 9.17) is 0 Å². The summed E-state index contributed by atoms with van der Waals surface area (Å²) in [6.07, 6.45) is 0.762. The second kappa shape index (κ2) is 5.52. The van der Waals surface area contributed by atoms with E-state index in [0.717, 1.165) is 29.5 Å². The van der Waals surface area contributed by atoms with Gasteiger partial charge in [-0.05, 0) is 32.4 Å². The molecular formula is C16H19N5. The van der Waals surface area contributed by atoms with E-state index in [9.17, 15) is 0 Å². The molecule has 108 valence electrons. The average molecular weight is 281 g/mol. The molecule has 0 fully saturated rings. The minimum absolute atomic E-state index is 0.0273. The largest absolute Gasteiger partial charge is 0.263 e. The first-order valence-electron chi connectivity index (χ1n) is 7.11. The number of aromatic nitrogens is 5. The third-order valence-electron chi connectivity index (χ3n) is 3.55. The van der Waals surface area contributed by atoms with E-state index in [1.807, 2.05) is 36.7 Å². The van der Waals surface area contributed by atoms with Crippen molar-refractivity contribution in [2.75, 3.05) is 0 Å². The second-order valence-electron chi connectivity index (χ2n) is 5.35. The Morgan fingerprint density at radius 1 is 1.19 bits per heavy atom. The van der Waals surface area contributed by atoms with Crippen molar-refractivity contribution < 1.29 is 0 Å². The lowest BCUT2D eigenvalue weighted by atomic mass is 10.1. The monoisotopic (exact) mass is 281 g/mol. The van der Waals surface area contributed by atoms with Gasteiger partial charge in [0.1, 0.15) is 11.9 Å². The Morgan fingerprint density at radius 2 is 1.95 bits per heavy atom. The summed E-state index contributed by atoms with van der Waals surface area (Å²) in [5, 5.41) is 11.9. The first-order valence-corrected chi connectivity index (χ1v) is 7.11. The Labute approximate surface area is 124 Å². The summed E-state index contributed by atoms with van der Waals surface area (Å²) < 4.78 is 1.96. The summed E-state index contributed by atoms with van der Waals surface area (Å²) >= 11 is 0. The first kappa shape index (κ1) is 13.5. The Morgan fingerprint density at radius 3 is 2.62 bits per heavy atom. The van der Waals surface area contributed by atoms with Crippen molar-refractivity contribution >= 4 is 0 Å². The van der Waals surface area contributed by atoms with Gasteiger partial charge in [-0.3, -0.25) is 9.78 Å². The molecule has 21 heavy (non-hydrogen) atoms. The SMILES string of the molecule is Cc1cc(C)n([C@H](C)c2n[nH]c(Cc3ccccc3)n2)n1. The summed E-state index contributed by atoms with van der Waals surface area (Å²) in [6.45, 7) is 6.11. The van der Waals surface area contributed by atoms with Crippen LogP contribution in [0.4, 0.5) is 0 Å². The maximum absolute atomic E-state index is 4.60. The molecule has 1 atom stereocenters. The van der Waals surface area contributed by atoms with Gasteiger partial charge < -0.3 is 0 Å². The topological polar surface area (TPSA) is 59.4 Å². The number of benzene rings is 1. The van der Waals surface area contributed by atoms with Crippen LogP contribution in [0.25, 0.3) is 0 Å². The third-order valence-corrected chi connectivity index (χ3v) is 3.55. The van der Waals surface area contributed by atoms with Crippen LogP contribution in [0, 0.1) is 13.8 Å². The number of H-pyrrole nitrogens is 1. The minimum Gasteiger partial charge on any atom is -0.263 e. The molecule has 0 bridgehead atoms. The molecule has 0 radical (unpaired) electrons. The van der Waals surface area contributed by atoms with Gasteiger partial charge >= 0.3 is 0 Å². The van der Waals surface area contributed by atoms with Crippen LogP contribution in [0.3, 0.4) is 0 Å². The predicted molar refractivity (Wildman–Crippen MR) is 81.1 cm³/mol. The van der Waals surface area contributed by atoms with Gasteiger partial charge in [-0.2, -0.15) is 10.2 Å². The maximum atomic E-state index is 4.60.